The molecule has 1 amide bonds. The van der Waals surface area contributed by atoms with E-state index in [4.69, 9.17) is 9.47 Å². The number of benzene rings is 3. The number of carbonyl (C=O) groups is 1. The van der Waals surface area contributed by atoms with Crippen molar-refractivity contribution >= 4 is 6.09 Å². The molecule has 5 nitrogen and oxygen atoms in total. The van der Waals surface area contributed by atoms with Gasteiger partial charge in [-0.25, -0.2) is 4.79 Å². The van der Waals surface area contributed by atoms with Gasteiger partial charge in [-0.05, 0) is 30.0 Å². The molecule has 1 heterocycles. The summed E-state index contributed by atoms with van der Waals surface area (Å²) >= 11 is 0. The second kappa shape index (κ2) is 10.8. The van der Waals surface area contributed by atoms with E-state index in [9.17, 15) is 4.79 Å². The summed E-state index contributed by atoms with van der Waals surface area (Å²) in [4.78, 5) is 15.0. The maximum atomic E-state index is 13.1. The van der Waals surface area contributed by atoms with E-state index >= 15 is 0 Å². The molecule has 166 valence electrons. The first-order chi connectivity index (χ1) is 15.8. The molecule has 1 fully saturated rings. The van der Waals surface area contributed by atoms with Crippen molar-refractivity contribution in [1.82, 2.24) is 10.2 Å². The number of para-hydroxylation sites is 1. The Labute approximate surface area is 190 Å². The average Bonchev–Trinajstić information content (AvgIpc) is 2.87. The number of nitrogens with zero attached hydrogens (tertiary/aromatic N) is 1. The maximum Gasteiger partial charge on any atom is 0.410 e. The van der Waals surface area contributed by atoms with Crippen LogP contribution in [0.3, 0.4) is 0 Å². The number of rotatable bonds is 7. The van der Waals surface area contributed by atoms with Crippen molar-refractivity contribution in [3.8, 4) is 5.75 Å². The van der Waals surface area contributed by atoms with Crippen LogP contribution in [0.1, 0.15) is 35.6 Å². The zero-order valence-corrected chi connectivity index (χ0v) is 18.4. The molecular formula is C27H30N2O3. The molecule has 1 aliphatic heterocycles. The van der Waals surface area contributed by atoms with Crippen molar-refractivity contribution in [2.24, 2.45) is 0 Å². The largest absolute Gasteiger partial charge is 0.496 e. The van der Waals surface area contributed by atoms with Crippen LogP contribution in [0.25, 0.3) is 0 Å². The number of ether oxygens (including phenoxy) is 2. The summed E-state index contributed by atoms with van der Waals surface area (Å²) in [6.07, 6.45) is 1.64. The third kappa shape index (κ3) is 5.29. The molecular weight excluding hydrogens is 400 g/mol. The van der Waals surface area contributed by atoms with Gasteiger partial charge in [-0.2, -0.15) is 0 Å². The minimum Gasteiger partial charge on any atom is -0.496 e. The summed E-state index contributed by atoms with van der Waals surface area (Å²) in [7, 11) is 1.69. The lowest BCUT2D eigenvalue weighted by atomic mass is 9.90. The van der Waals surface area contributed by atoms with E-state index in [1.807, 2.05) is 71.6 Å². The highest BCUT2D eigenvalue weighted by Crippen LogP contribution is 2.32. The fourth-order valence-electron chi connectivity index (χ4n) is 4.37. The number of hydrogen-bond donors (Lipinski definition) is 1. The Kier molecular flexibility index (Phi) is 7.41. The summed E-state index contributed by atoms with van der Waals surface area (Å²) < 4.78 is 11.2. The van der Waals surface area contributed by atoms with Crippen LogP contribution in [0.15, 0.2) is 84.9 Å². The van der Waals surface area contributed by atoms with Gasteiger partial charge < -0.3 is 14.8 Å². The minimum absolute atomic E-state index is 0.0945. The molecule has 2 atom stereocenters. The summed E-state index contributed by atoms with van der Waals surface area (Å²) in [6, 6.07) is 28.1. The first-order valence-electron chi connectivity index (χ1n) is 11.1. The highest BCUT2D eigenvalue weighted by Gasteiger charge is 2.36. The molecule has 0 saturated carbocycles. The highest BCUT2D eigenvalue weighted by molar-refractivity contribution is 5.68. The molecule has 1 saturated heterocycles. The van der Waals surface area contributed by atoms with Gasteiger partial charge in [0.05, 0.1) is 13.2 Å². The van der Waals surface area contributed by atoms with Gasteiger partial charge in [0.1, 0.15) is 12.4 Å². The van der Waals surface area contributed by atoms with E-state index in [-0.39, 0.29) is 24.8 Å². The summed E-state index contributed by atoms with van der Waals surface area (Å²) in [5.74, 6) is 0.867. The van der Waals surface area contributed by atoms with Crippen LogP contribution >= 0.6 is 0 Å². The Hall–Kier alpha value is -3.31. The number of hydrogen-bond acceptors (Lipinski definition) is 4. The van der Waals surface area contributed by atoms with Crippen LogP contribution in [0.2, 0.25) is 0 Å². The second-order valence-corrected chi connectivity index (χ2v) is 8.03. The molecule has 32 heavy (non-hydrogen) atoms. The first kappa shape index (κ1) is 21.9. The average molecular weight is 431 g/mol. The molecule has 4 rings (SSSR count). The van der Waals surface area contributed by atoms with Crippen molar-refractivity contribution in [2.45, 2.75) is 38.1 Å². The van der Waals surface area contributed by atoms with Crippen molar-refractivity contribution in [1.29, 1.82) is 0 Å². The number of carbonyl (C=O) groups excluding carboxylic acids is 1. The van der Waals surface area contributed by atoms with Crippen LogP contribution in [-0.4, -0.2) is 30.7 Å². The van der Waals surface area contributed by atoms with E-state index in [2.05, 4.69) is 23.5 Å². The van der Waals surface area contributed by atoms with Gasteiger partial charge in [0, 0.05) is 24.7 Å². The number of amides is 1. The molecule has 0 unspecified atom stereocenters. The van der Waals surface area contributed by atoms with Crippen LogP contribution < -0.4 is 10.1 Å². The zero-order valence-electron chi connectivity index (χ0n) is 18.4. The molecule has 0 bridgehead atoms. The minimum atomic E-state index is -0.272. The lowest BCUT2D eigenvalue weighted by Crippen LogP contribution is -2.50. The van der Waals surface area contributed by atoms with Gasteiger partial charge in [-0.15, -0.1) is 0 Å². The van der Waals surface area contributed by atoms with Crippen molar-refractivity contribution in [3.63, 3.8) is 0 Å². The summed E-state index contributed by atoms with van der Waals surface area (Å²) in [5.41, 5.74) is 3.20. The number of likely N-dealkylation sites (tertiary alicyclic amines) is 1. The standard InChI is InChI=1S/C27H30N2O3/c1-31-25-17-9-8-15-23(25)19-28-24-16-10-18-29(26(24)22-13-6-3-7-14-22)27(30)32-20-21-11-4-2-5-12-21/h2-9,11-15,17,24,26,28H,10,16,18-20H2,1H3/t24-,26+/m0/s1. The quantitative estimate of drug-likeness (QED) is 0.551. The normalized spacial score (nSPS) is 18.2. The Morgan fingerprint density at radius 3 is 2.41 bits per heavy atom. The predicted molar refractivity (Wildman–Crippen MR) is 125 cm³/mol. The van der Waals surface area contributed by atoms with Gasteiger partial charge in [0.15, 0.2) is 0 Å². The first-order valence-corrected chi connectivity index (χ1v) is 11.1. The molecule has 0 aliphatic carbocycles. The smallest absolute Gasteiger partial charge is 0.410 e. The highest BCUT2D eigenvalue weighted by atomic mass is 16.6. The Bertz CT molecular complexity index is 994. The van der Waals surface area contributed by atoms with Crippen LogP contribution in [0.5, 0.6) is 5.75 Å². The molecule has 5 heteroatoms. The molecule has 0 spiro atoms. The molecule has 3 aromatic carbocycles. The third-order valence-corrected chi connectivity index (χ3v) is 5.96. The monoisotopic (exact) mass is 430 g/mol. The van der Waals surface area contributed by atoms with Crippen molar-refractivity contribution < 1.29 is 14.3 Å². The summed E-state index contributed by atoms with van der Waals surface area (Å²) in [5, 5.41) is 3.69. The number of piperidine rings is 1. The van der Waals surface area contributed by atoms with Crippen molar-refractivity contribution in [3.05, 3.63) is 102 Å². The van der Waals surface area contributed by atoms with Crippen LogP contribution in [0, 0.1) is 0 Å². The number of methoxy groups -OCH3 is 1. The van der Waals surface area contributed by atoms with E-state index in [0.717, 1.165) is 35.3 Å². The molecule has 0 radical (unpaired) electrons. The SMILES string of the molecule is COc1ccccc1CN[C@H]1CCCN(C(=O)OCc2ccccc2)[C@@H]1c1ccccc1. The second-order valence-electron chi connectivity index (χ2n) is 8.03. The van der Waals surface area contributed by atoms with Crippen molar-refractivity contribution in [2.75, 3.05) is 13.7 Å². The van der Waals surface area contributed by atoms with Crippen LogP contribution in [0.4, 0.5) is 4.79 Å². The Morgan fingerprint density at radius 1 is 0.969 bits per heavy atom. The van der Waals surface area contributed by atoms with Gasteiger partial charge in [-0.1, -0.05) is 78.9 Å². The lowest BCUT2D eigenvalue weighted by molar-refractivity contribution is 0.0560. The third-order valence-electron chi connectivity index (χ3n) is 5.96. The number of nitrogens with one attached hydrogen (secondary N) is 1. The lowest BCUT2D eigenvalue weighted by Gasteiger charge is -2.41. The topological polar surface area (TPSA) is 50.8 Å². The van der Waals surface area contributed by atoms with Crippen LogP contribution in [-0.2, 0) is 17.9 Å². The molecule has 1 N–H and O–H groups in total. The Balaban J connectivity index is 1.51. The van der Waals surface area contributed by atoms with E-state index < -0.39 is 0 Å². The molecule has 0 aromatic heterocycles. The van der Waals surface area contributed by atoms with Gasteiger partial charge in [-0.3, -0.25) is 4.90 Å². The Morgan fingerprint density at radius 2 is 1.66 bits per heavy atom. The van der Waals surface area contributed by atoms with E-state index in [1.165, 1.54) is 0 Å². The summed E-state index contributed by atoms with van der Waals surface area (Å²) in [6.45, 7) is 1.63. The molecule has 1 aliphatic rings. The zero-order chi connectivity index (χ0) is 22.2. The van der Waals surface area contributed by atoms with Gasteiger partial charge in [0.25, 0.3) is 0 Å². The fraction of sp³-hybridized carbons (Fsp3) is 0.296. The molecule has 3 aromatic rings. The predicted octanol–water partition coefficient (Wildman–Crippen LogP) is 5.33. The van der Waals surface area contributed by atoms with E-state index in [1.54, 1.807) is 7.11 Å². The maximum absolute atomic E-state index is 13.1. The van der Waals surface area contributed by atoms with Gasteiger partial charge >= 0.3 is 6.09 Å². The fourth-order valence-corrected chi connectivity index (χ4v) is 4.37. The van der Waals surface area contributed by atoms with Gasteiger partial charge in [0.2, 0.25) is 0 Å². The van der Waals surface area contributed by atoms with E-state index in [0.29, 0.717) is 13.1 Å².